The molecular formula is C21H22N2O5. The van der Waals surface area contributed by atoms with Crippen LogP contribution in [-0.4, -0.2) is 47.5 Å². The summed E-state index contributed by atoms with van der Waals surface area (Å²) in [4.78, 5) is 37.4. The number of aromatic carboxylic acids is 1. The average molecular weight is 382 g/mol. The molecule has 7 heteroatoms. The van der Waals surface area contributed by atoms with Gasteiger partial charge in [0.25, 0.3) is 5.91 Å². The smallest absolute Gasteiger partial charge is 0.335 e. The molecule has 3 rings (SSSR count). The summed E-state index contributed by atoms with van der Waals surface area (Å²) in [5, 5.41) is 12.2. The molecule has 7 nitrogen and oxygen atoms in total. The molecule has 0 spiro atoms. The molecule has 1 fully saturated rings. The van der Waals surface area contributed by atoms with Gasteiger partial charge in [-0.1, -0.05) is 18.2 Å². The van der Waals surface area contributed by atoms with Gasteiger partial charge in [0.15, 0.2) is 0 Å². The van der Waals surface area contributed by atoms with Crippen molar-refractivity contribution in [2.45, 2.75) is 25.8 Å². The fourth-order valence-corrected chi connectivity index (χ4v) is 3.16. The van der Waals surface area contributed by atoms with Crippen LogP contribution in [0.1, 0.15) is 27.9 Å². The molecule has 0 aromatic heterocycles. The monoisotopic (exact) mass is 382 g/mol. The van der Waals surface area contributed by atoms with Crippen molar-refractivity contribution in [3.63, 3.8) is 0 Å². The number of likely N-dealkylation sites (tertiary alicyclic amines) is 1. The first-order chi connectivity index (χ1) is 13.4. The zero-order valence-corrected chi connectivity index (χ0v) is 15.8. The van der Waals surface area contributed by atoms with E-state index < -0.39 is 12.0 Å². The van der Waals surface area contributed by atoms with Crippen molar-refractivity contribution in [1.29, 1.82) is 0 Å². The molecule has 2 aromatic rings. The summed E-state index contributed by atoms with van der Waals surface area (Å²) in [7, 11) is 1.59. The van der Waals surface area contributed by atoms with Gasteiger partial charge in [-0.2, -0.15) is 0 Å². The summed E-state index contributed by atoms with van der Waals surface area (Å²) in [6.45, 7) is 2.12. The average Bonchev–Trinajstić information content (AvgIpc) is 2.95. The third-order valence-corrected chi connectivity index (χ3v) is 4.84. The van der Waals surface area contributed by atoms with E-state index in [0.29, 0.717) is 18.7 Å². The maximum atomic E-state index is 12.7. The number of carboxylic acids is 1. The van der Waals surface area contributed by atoms with Gasteiger partial charge in [-0.05, 0) is 48.7 Å². The Bertz CT molecular complexity index is 908. The molecule has 0 aliphatic carbocycles. The minimum absolute atomic E-state index is 0.0538. The number of hydrogen-bond donors (Lipinski definition) is 2. The Morgan fingerprint density at radius 2 is 1.93 bits per heavy atom. The minimum Gasteiger partial charge on any atom is -0.497 e. The van der Waals surface area contributed by atoms with Gasteiger partial charge in [0.2, 0.25) is 5.91 Å². The summed E-state index contributed by atoms with van der Waals surface area (Å²) in [5.41, 5.74) is 2.48. The predicted octanol–water partition coefficient (Wildman–Crippen LogP) is 2.48. The van der Waals surface area contributed by atoms with Gasteiger partial charge in [0, 0.05) is 12.2 Å². The molecule has 0 unspecified atom stereocenters. The maximum absolute atomic E-state index is 12.7. The normalized spacial score (nSPS) is 16.4. The highest BCUT2D eigenvalue weighted by Gasteiger charge is 2.38. The lowest BCUT2D eigenvalue weighted by atomic mass is 10.1. The summed E-state index contributed by atoms with van der Waals surface area (Å²) in [5.74, 6) is -0.819. The zero-order valence-electron chi connectivity index (χ0n) is 15.8. The van der Waals surface area contributed by atoms with Crippen LogP contribution in [0.4, 0.5) is 5.69 Å². The van der Waals surface area contributed by atoms with Gasteiger partial charge < -0.3 is 15.2 Å². The molecular weight excluding hydrogens is 360 g/mol. The number of benzene rings is 2. The second-order valence-electron chi connectivity index (χ2n) is 6.72. The third kappa shape index (κ3) is 4.14. The van der Waals surface area contributed by atoms with E-state index in [-0.39, 0.29) is 23.8 Å². The largest absolute Gasteiger partial charge is 0.497 e. The van der Waals surface area contributed by atoms with Crippen molar-refractivity contribution in [1.82, 2.24) is 4.90 Å². The van der Waals surface area contributed by atoms with E-state index in [9.17, 15) is 14.4 Å². The number of imide groups is 1. The Labute approximate surface area is 162 Å². The van der Waals surface area contributed by atoms with Crippen LogP contribution in [0.2, 0.25) is 0 Å². The Hall–Kier alpha value is -3.35. The van der Waals surface area contributed by atoms with Crippen molar-refractivity contribution in [2.75, 3.05) is 19.0 Å². The number of carbonyl (C=O) groups excluding carboxylic acids is 2. The highest BCUT2D eigenvalue weighted by atomic mass is 16.5. The number of methoxy groups -OCH3 is 1. The van der Waals surface area contributed by atoms with E-state index in [2.05, 4.69) is 5.32 Å². The summed E-state index contributed by atoms with van der Waals surface area (Å²) in [6, 6.07) is 11.5. The first-order valence-electron chi connectivity index (χ1n) is 8.96. The predicted molar refractivity (Wildman–Crippen MR) is 104 cm³/mol. The first kappa shape index (κ1) is 19.4. The number of hydrogen-bond acceptors (Lipinski definition) is 5. The Morgan fingerprint density at radius 3 is 2.57 bits per heavy atom. The molecule has 2 N–H and O–H groups in total. The quantitative estimate of drug-likeness (QED) is 0.715. The van der Waals surface area contributed by atoms with Crippen molar-refractivity contribution in [3.05, 3.63) is 59.2 Å². The van der Waals surface area contributed by atoms with Gasteiger partial charge in [-0.15, -0.1) is 0 Å². The zero-order chi connectivity index (χ0) is 20.3. The number of rotatable bonds is 7. The first-order valence-corrected chi connectivity index (χ1v) is 8.96. The second kappa shape index (κ2) is 8.12. The number of ether oxygens (including phenoxy) is 1. The molecule has 146 valence electrons. The number of carboxylic acid groups (broad SMARTS) is 1. The Kier molecular flexibility index (Phi) is 5.63. The summed E-state index contributed by atoms with van der Waals surface area (Å²) < 4.78 is 5.12. The maximum Gasteiger partial charge on any atom is 0.335 e. The number of anilines is 1. The SMILES string of the molecule is COc1ccc(CCN2C(=O)C[C@@H](Nc3cc(C(=O)O)ccc3C)C2=O)cc1. The fourth-order valence-electron chi connectivity index (χ4n) is 3.16. The van der Waals surface area contributed by atoms with Crippen LogP contribution < -0.4 is 10.1 Å². The minimum atomic E-state index is -1.04. The molecule has 28 heavy (non-hydrogen) atoms. The van der Waals surface area contributed by atoms with Crippen molar-refractivity contribution >= 4 is 23.5 Å². The van der Waals surface area contributed by atoms with E-state index in [0.717, 1.165) is 16.9 Å². The number of nitrogens with zero attached hydrogens (tertiary/aromatic N) is 1. The lowest BCUT2D eigenvalue weighted by Gasteiger charge is -2.17. The topological polar surface area (TPSA) is 95.9 Å². The van der Waals surface area contributed by atoms with Crippen molar-refractivity contribution in [3.8, 4) is 5.75 Å². The highest BCUT2D eigenvalue weighted by molar-refractivity contribution is 6.07. The van der Waals surface area contributed by atoms with Crippen LogP contribution in [0, 0.1) is 6.92 Å². The van der Waals surface area contributed by atoms with Gasteiger partial charge >= 0.3 is 5.97 Å². The van der Waals surface area contributed by atoms with Crippen molar-refractivity contribution < 1.29 is 24.2 Å². The van der Waals surface area contributed by atoms with Crippen LogP contribution in [0.5, 0.6) is 5.75 Å². The third-order valence-electron chi connectivity index (χ3n) is 4.84. The van der Waals surface area contributed by atoms with Crippen LogP contribution in [0.3, 0.4) is 0 Å². The molecule has 1 heterocycles. The van der Waals surface area contributed by atoms with Crippen LogP contribution in [-0.2, 0) is 16.0 Å². The Morgan fingerprint density at radius 1 is 1.21 bits per heavy atom. The van der Waals surface area contributed by atoms with Gasteiger partial charge in [0.1, 0.15) is 11.8 Å². The number of aryl methyl sites for hydroxylation is 1. The molecule has 2 aromatic carbocycles. The van der Waals surface area contributed by atoms with Gasteiger partial charge in [0.05, 0.1) is 19.1 Å². The van der Waals surface area contributed by atoms with E-state index in [1.807, 2.05) is 31.2 Å². The summed E-state index contributed by atoms with van der Waals surface area (Å²) in [6.07, 6.45) is 0.611. The van der Waals surface area contributed by atoms with Gasteiger partial charge in [-0.25, -0.2) is 4.79 Å². The van der Waals surface area contributed by atoms with Crippen molar-refractivity contribution in [2.24, 2.45) is 0 Å². The molecule has 1 aliphatic rings. The van der Waals surface area contributed by atoms with E-state index >= 15 is 0 Å². The lowest BCUT2D eigenvalue weighted by Crippen LogP contribution is -2.36. The molecule has 0 radical (unpaired) electrons. The Balaban J connectivity index is 1.66. The molecule has 1 saturated heterocycles. The van der Waals surface area contributed by atoms with E-state index in [1.54, 1.807) is 13.2 Å². The molecule has 0 bridgehead atoms. The number of carbonyl (C=O) groups is 3. The van der Waals surface area contributed by atoms with E-state index in [4.69, 9.17) is 9.84 Å². The molecule has 1 aliphatic heterocycles. The molecule has 1 atom stereocenters. The van der Waals surface area contributed by atoms with Crippen LogP contribution >= 0.6 is 0 Å². The lowest BCUT2D eigenvalue weighted by molar-refractivity contribution is -0.138. The summed E-state index contributed by atoms with van der Waals surface area (Å²) >= 11 is 0. The van der Waals surface area contributed by atoms with Gasteiger partial charge in [-0.3, -0.25) is 14.5 Å². The highest BCUT2D eigenvalue weighted by Crippen LogP contribution is 2.23. The number of amides is 2. The fraction of sp³-hybridized carbons (Fsp3) is 0.286. The molecule has 0 saturated carbocycles. The molecule has 2 amide bonds. The number of nitrogens with one attached hydrogen (secondary N) is 1. The van der Waals surface area contributed by atoms with Crippen LogP contribution in [0.15, 0.2) is 42.5 Å². The van der Waals surface area contributed by atoms with Crippen LogP contribution in [0.25, 0.3) is 0 Å². The standard InChI is InChI=1S/C21H22N2O5/c1-13-3-6-15(21(26)27)11-17(13)22-18-12-19(24)23(20(18)25)10-9-14-4-7-16(28-2)8-5-14/h3-8,11,18,22H,9-10,12H2,1-2H3,(H,26,27)/t18-/m1/s1. The second-order valence-corrected chi connectivity index (χ2v) is 6.72. The van der Waals surface area contributed by atoms with E-state index in [1.165, 1.54) is 17.0 Å².